The van der Waals surface area contributed by atoms with E-state index in [2.05, 4.69) is 71.3 Å². The number of nitrogens with zero attached hydrogens (tertiary/aromatic N) is 1. The Morgan fingerprint density at radius 3 is 1.80 bits per heavy atom. The molecule has 0 radical (unpaired) electrons. The molecule has 3 rings (SSSR count). The van der Waals surface area contributed by atoms with E-state index in [9.17, 15) is 0 Å². The Morgan fingerprint density at radius 1 is 0.840 bits per heavy atom. The molecule has 0 aliphatic rings. The van der Waals surface area contributed by atoms with E-state index in [4.69, 9.17) is 12.8 Å². The molecular weight excluding hydrogens is 302 g/mol. The number of fused-ring (bicyclic) bond motifs is 3. The molecule has 0 saturated carbocycles. The normalized spacial score (nSPS) is 9.56. The van der Waals surface area contributed by atoms with Crippen LogP contribution in [0.15, 0.2) is 36.4 Å². The van der Waals surface area contributed by atoms with Crippen molar-refractivity contribution in [2.24, 2.45) is 0 Å². The number of hydrogen-bond donors (Lipinski definition) is 0. The van der Waals surface area contributed by atoms with E-state index in [-0.39, 0.29) is 0 Å². The van der Waals surface area contributed by atoms with Gasteiger partial charge in [0.2, 0.25) is 0 Å². The minimum absolute atomic E-state index is 0.917. The molecule has 0 atom stereocenters. The van der Waals surface area contributed by atoms with Crippen molar-refractivity contribution < 1.29 is 0 Å². The fraction of sp³-hybridized carbons (Fsp3) is 0.167. The summed E-state index contributed by atoms with van der Waals surface area (Å²) in [6.45, 7) is 3.19. The number of unbranched alkanes of at least 4 members (excludes halogenated alkanes) is 1. The highest BCUT2D eigenvalue weighted by Crippen LogP contribution is 2.31. The first kappa shape index (κ1) is 16.3. The predicted octanol–water partition coefficient (Wildman–Crippen LogP) is 4.56. The van der Waals surface area contributed by atoms with Gasteiger partial charge in [-0.2, -0.15) is 0 Å². The highest BCUT2D eigenvalue weighted by Gasteiger charge is 2.11. The van der Waals surface area contributed by atoms with Gasteiger partial charge in [-0.3, -0.25) is 0 Å². The van der Waals surface area contributed by atoms with E-state index < -0.39 is 0 Å². The number of rotatable bonds is 3. The van der Waals surface area contributed by atoms with E-state index in [0.29, 0.717) is 0 Å². The largest absolute Gasteiger partial charge is 0.340 e. The van der Waals surface area contributed by atoms with Gasteiger partial charge in [-0.15, -0.1) is 12.8 Å². The van der Waals surface area contributed by atoms with Crippen molar-refractivity contribution in [1.29, 1.82) is 0 Å². The summed E-state index contributed by atoms with van der Waals surface area (Å²) in [6, 6.07) is 12.5. The Balaban J connectivity index is 2.30. The van der Waals surface area contributed by atoms with Crippen LogP contribution in [0.25, 0.3) is 21.8 Å². The molecule has 2 aromatic carbocycles. The van der Waals surface area contributed by atoms with Gasteiger partial charge in [-0.1, -0.05) is 25.2 Å². The summed E-state index contributed by atoms with van der Waals surface area (Å²) in [5, 5.41) is 2.33. The van der Waals surface area contributed by atoms with Crippen LogP contribution >= 0.6 is 0 Å². The SMILES string of the molecule is C#CC#Cc1ccc2c(c1)c1cc(C#CC#C)ccc1n2CCCC. The molecule has 1 nitrogen and oxygen atoms in total. The number of aryl methyl sites for hydroxylation is 1. The highest BCUT2D eigenvalue weighted by molar-refractivity contribution is 6.09. The molecule has 118 valence electrons. The van der Waals surface area contributed by atoms with Crippen molar-refractivity contribution in [3.05, 3.63) is 47.5 Å². The van der Waals surface area contributed by atoms with Crippen molar-refractivity contribution in [2.75, 3.05) is 0 Å². The molecule has 0 bridgehead atoms. The molecule has 0 aliphatic heterocycles. The lowest BCUT2D eigenvalue weighted by Crippen LogP contribution is -1.97. The molecule has 0 aliphatic carbocycles. The molecule has 0 fully saturated rings. The van der Waals surface area contributed by atoms with Gasteiger partial charge < -0.3 is 4.57 Å². The Morgan fingerprint density at radius 2 is 1.36 bits per heavy atom. The lowest BCUT2D eigenvalue weighted by Gasteiger charge is -2.06. The molecule has 0 amide bonds. The number of benzene rings is 2. The summed E-state index contributed by atoms with van der Waals surface area (Å²) in [4.78, 5) is 0. The maximum Gasteiger partial charge on any atom is 0.0492 e. The van der Waals surface area contributed by atoms with E-state index in [1.807, 2.05) is 12.1 Å². The Hall–Kier alpha value is -3.52. The summed E-state index contributed by atoms with van der Waals surface area (Å²) in [5.41, 5.74) is 4.24. The molecule has 0 spiro atoms. The Labute approximate surface area is 149 Å². The van der Waals surface area contributed by atoms with E-state index in [0.717, 1.165) is 30.5 Å². The van der Waals surface area contributed by atoms with E-state index >= 15 is 0 Å². The van der Waals surface area contributed by atoms with Crippen LogP contribution in [-0.2, 0) is 6.54 Å². The molecule has 1 aromatic heterocycles. The van der Waals surface area contributed by atoms with Gasteiger partial charge in [0.15, 0.2) is 0 Å². The Kier molecular flexibility index (Phi) is 4.82. The van der Waals surface area contributed by atoms with Gasteiger partial charge >= 0.3 is 0 Å². The molecule has 0 N–H and O–H groups in total. The predicted molar refractivity (Wildman–Crippen MR) is 106 cm³/mol. The molecule has 1 heteroatoms. The van der Waals surface area contributed by atoms with Crippen molar-refractivity contribution in [3.63, 3.8) is 0 Å². The van der Waals surface area contributed by atoms with Crippen LogP contribution < -0.4 is 0 Å². The molecule has 1 heterocycles. The van der Waals surface area contributed by atoms with Crippen LogP contribution in [0.2, 0.25) is 0 Å². The molecule has 3 aromatic rings. The van der Waals surface area contributed by atoms with Crippen molar-refractivity contribution in [1.82, 2.24) is 4.57 Å². The van der Waals surface area contributed by atoms with Gasteiger partial charge in [-0.05, 0) is 66.5 Å². The summed E-state index contributed by atoms with van der Waals surface area (Å²) in [7, 11) is 0. The third kappa shape index (κ3) is 3.24. The summed E-state index contributed by atoms with van der Waals surface area (Å²) < 4.78 is 2.37. The third-order valence-electron chi connectivity index (χ3n) is 4.16. The van der Waals surface area contributed by atoms with E-state index in [1.54, 1.807) is 0 Å². The standard InChI is InChI=1S/C24H17N/c1-4-7-10-19-12-14-23-21(17-19)22-18-20(11-8-5-2)13-15-24(22)25(23)16-9-6-3/h1-2,12-15,17-18H,6,9,16H2,3H3. The van der Waals surface area contributed by atoms with Gasteiger partial charge in [0.25, 0.3) is 0 Å². The van der Waals surface area contributed by atoms with Crippen LogP contribution in [0.1, 0.15) is 30.9 Å². The second-order valence-corrected chi connectivity index (χ2v) is 5.76. The first-order chi connectivity index (χ1) is 12.3. The van der Waals surface area contributed by atoms with Crippen molar-refractivity contribution in [2.45, 2.75) is 26.3 Å². The van der Waals surface area contributed by atoms with Gasteiger partial charge in [0, 0.05) is 39.5 Å². The lowest BCUT2D eigenvalue weighted by atomic mass is 10.1. The van der Waals surface area contributed by atoms with Gasteiger partial charge in [-0.25, -0.2) is 0 Å². The zero-order chi connectivity index (χ0) is 17.6. The summed E-state index contributed by atoms with van der Waals surface area (Å²) in [6.07, 6.45) is 12.8. The van der Waals surface area contributed by atoms with Crippen molar-refractivity contribution >= 4 is 21.8 Å². The minimum atomic E-state index is 0.917. The van der Waals surface area contributed by atoms with Gasteiger partial charge in [0.05, 0.1) is 0 Å². The zero-order valence-electron chi connectivity index (χ0n) is 14.2. The van der Waals surface area contributed by atoms with Crippen LogP contribution in [0.5, 0.6) is 0 Å². The quantitative estimate of drug-likeness (QED) is 0.624. The molecule has 0 unspecified atom stereocenters. The van der Waals surface area contributed by atoms with Crippen LogP contribution in [0.3, 0.4) is 0 Å². The van der Waals surface area contributed by atoms with Crippen molar-refractivity contribution in [3.8, 4) is 48.4 Å². The third-order valence-corrected chi connectivity index (χ3v) is 4.16. The lowest BCUT2D eigenvalue weighted by molar-refractivity contribution is 0.665. The molecular formula is C24H17N. The molecule has 0 saturated heterocycles. The Bertz CT molecular complexity index is 1060. The average Bonchev–Trinajstić information content (AvgIpc) is 2.95. The second kappa shape index (κ2) is 7.37. The number of aromatic nitrogens is 1. The monoisotopic (exact) mass is 319 g/mol. The fourth-order valence-electron chi connectivity index (χ4n) is 3.03. The van der Waals surface area contributed by atoms with Gasteiger partial charge in [0.1, 0.15) is 0 Å². The summed E-state index contributed by atoms with van der Waals surface area (Å²) in [5.74, 6) is 16.1. The number of terminal acetylenes is 2. The summed E-state index contributed by atoms with van der Waals surface area (Å²) >= 11 is 0. The van der Waals surface area contributed by atoms with Crippen LogP contribution in [0.4, 0.5) is 0 Å². The second-order valence-electron chi connectivity index (χ2n) is 5.76. The number of hydrogen-bond acceptors (Lipinski definition) is 0. The fourth-order valence-corrected chi connectivity index (χ4v) is 3.03. The first-order valence-electron chi connectivity index (χ1n) is 8.27. The highest BCUT2D eigenvalue weighted by atomic mass is 15.0. The minimum Gasteiger partial charge on any atom is -0.340 e. The first-order valence-corrected chi connectivity index (χ1v) is 8.27. The maximum atomic E-state index is 5.25. The smallest absolute Gasteiger partial charge is 0.0492 e. The average molecular weight is 319 g/mol. The van der Waals surface area contributed by atoms with E-state index in [1.165, 1.54) is 21.8 Å². The van der Waals surface area contributed by atoms with Crippen LogP contribution in [0, 0.1) is 48.4 Å². The maximum absolute atomic E-state index is 5.25. The molecule has 25 heavy (non-hydrogen) atoms. The topological polar surface area (TPSA) is 4.93 Å². The van der Waals surface area contributed by atoms with Crippen LogP contribution in [-0.4, -0.2) is 4.57 Å². The zero-order valence-corrected chi connectivity index (χ0v) is 14.2.